The summed E-state index contributed by atoms with van der Waals surface area (Å²) in [5.41, 5.74) is 0.903. The minimum absolute atomic E-state index is 0.0540. The zero-order valence-corrected chi connectivity index (χ0v) is 13.4. The number of rotatable bonds is 3. The van der Waals surface area contributed by atoms with Crippen molar-refractivity contribution in [2.75, 3.05) is 19.6 Å². The van der Waals surface area contributed by atoms with E-state index in [9.17, 15) is 18.5 Å². The second-order valence-corrected chi connectivity index (χ2v) is 7.81. The number of fused-ring (bicyclic) bond motifs is 2. The van der Waals surface area contributed by atoms with E-state index in [1.165, 1.54) is 28.6 Å². The molecule has 9 nitrogen and oxygen atoms in total. The smallest absolute Gasteiger partial charge is 0.269 e. The maximum absolute atomic E-state index is 13.1. The molecule has 1 aromatic heterocycles. The highest BCUT2D eigenvalue weighted by molar-refractivity contribution is 7.89. The number of nitrogens with one attached hydrogen (secondary N) is 2. The first-order valence-corrected chi connectivity index (χ1v) is 8.90. The van der Waals surface area contributed by atoms with E-state index < -0.39 is 20.5 Å². The summed E-state index contributed by atoms with van der Waals surface area (Å²) in [7, 11) is -3.78. The summed E-state index contributed by atoms with van der Waals surface area (Å²) < 4.78 is 27.7. The van der Waals surface area contributed by atoms with Gasteiger partial charge in [0.25, 0.3) is 5.69 Å². The SMILES string of the molecule is O=[N+]([O-])c1ccc(S(=O)(=O)N2CCc3[nH]cnc3C23CNC3)cc1. The second kappa shape index (κ2) is 5.10. The fraction of sp³-hybridized carbons (Fsp3) is 0.357. The maximum atomic E-state index is 13.1. The van der Waals surface area contributed by atoms with Crippen molar-refractivity contribution in [1.29, 1.82) is 0 Å². The van der Waals surface area contributed by atoms with Crippen molar-refractivity contribution in [2.24, 2.45) is 0 Å². The Morgan fingerprint density at radius 2 is 1.96 bits per heavy atom. The van der Waals surface area contributed by atoms with E-state index in [0.717, 1.165) is 11.4 Å². The van der Waals surface area contributed by atoms with Crippen LogP contribution in [0.4, 0.5) is 5.69 Å². The van der Waals surface area contributed by atoms with Gasteiger partial charge in [0.15, 0.2) is 0 Å². The third-order valence-electron chi connectivity index (χ3n) is 4.67. The van der Waals surface area contributed by atoms with Gasteiger partial charge in [-0.05, 0) is 12.1 Å². The van der Waals surface area contributed by atoms with Crippen LogP contribution in [0.5, 0.6) is 0 Å². The molecule has 126 valence electrons. The Labute approximate surface area is 137 Å². The van der Waals surface area contributed by atoms with Gasteiger partial charge in [0.05, 0.1) is 21.8 Å². The number of imidazole rings is 1. The van der Waals surface area contributed by atoms with Gasteiger partial charge < -0.3 is 10.3 Å². The summed E-state index contributed by atoms with van der Waals surface area (Å²) in [6.45, 7) is 1.34. The highest BCUT2D eigenvalue weighted by Crippen LogP contribution is 2.40. The Kier molecular flexibility index (Phi) is 3.24. The highest BCUT2D eigenvalue weighted by atomic mass is 32.2. The van der Waals surface area contributed by atoms with Gasteiger partial charge in [-0.3, -0.25) is 10.1 Å². The fourth-order valence-corrected chi connectivity index (χ4v) is 5.12. The van der Waals surface area contributed by atoms with Crippen LogP contribution in [0.15, 0.2) is 35.5 Å². The molecule has 0 bridgehead atoms. The lowest BCUT2D eigenvalue weighted by Crippen LogP contribution is -2.69. The van der Waals surface area contributed by atoms with E-state index in [1.807, 2.05) is 0 Å². The first kappa shape index (κ1) is 15.2. The van der Waals surface area contributed by atoms with Gasteiger partial charge in [0, 0.05) is 43.9 Å². The maximum Gasteiger partial charge on any atom is 0.269 e. The molecular formula is C14H15N5O4S. The number of hydrogen-bond acceptors (Lipinski definition) is 6. The summed E-state index contributed by atoms with van der Waals surface area (Å²) in [6.07, 6.45) is 2.15. The van der Waals surface area contributed by atoms with E-state index in [0.29, 0.717) is 26.1 Å². The topological polar surface area (TPSA) is 121 Å². The van der Waals surface area contributed by atoms with Crippen molar-refractivity contribution in [3.8, 4) is 0 Å². The van der Waals surface area contributed by atoms with Crippen molar-refractivity contribution in [2.45, 2.75) is 16.9 Å². The number of benzene rings is 1. The molecule has 2 aliphatic rings. The summed E-state index contributed by atoms with van der Waals surface area (Å²) in [6, 6.07) is 4.99. The number of H-pyrrole nitrogens is 1. The Bertz CT molecular complexity index is 902. The van der Waals surface area contributed by atoms with Crippen LogP contribution in [0, 0.1) is 10.1 Å². The average Bonchev–Trinajstić information content (AvgIpc) is 3.01. The minimum atomic E-state index is -3.78. The molecule has 4 rings (SSSR count). The molecule has 0 amide bonds. The molecular weight excluding hydrogens is 334 g/mol. The summed E-state index contributed by atoms with van der Waals surface area (Å²) in [5.74, 6) is 0. The molecule has 2 N–H and O–H groups in total. The zero-order valence-electron chi connectivity index (χ0n) is 12.6. The van der Waals surface area contributed by atoms with Gasteiger partial charge in [0.1, 0.15) is 5.54 Å². The number of nitrogens with zero attached hydrogens (tertiary/aromatic N) is 3. The Morgan fingerprint density at radius 1 is 1.25 bits per heavy atom. The zero-order chi connectivity index (χ0) is 16.9. The average molecular weight is 349 g/mol. The predicted molar refractivity (Wildman–Crippen MR) is 83.8 cm³/mol. The van der Waals surface area contributed by atoms with E-state index in [4.69, 9.17) is 0 Å². The van der Waals surface area contributed by atoms with Gasteiger partial charge in [-0.2, -0.15) is 4.31 Å². The van der Waals surface area contributed by atoms with Crippen LogP contribution < -0.4 is 5.32 Å². The summed E-state index contributed by atoms with van der Waals surface area (Å²) in [5, 5.41) is 13.9. The van der Waals surface area contributed by atoms with Crippen LogP contribution in [0.3, 0.4) is 0 Å². The molecule has 2 aromatic rings. The lowest BCUT2D eigenvalue weighted by molar-refractivity contribution is -0.384. The van der Waals surface area contributed by atoms with Crippen LogP contribution in [0.2, 0.25) is 0 Å². The van der Waals surface area contributed by atoms with Crippen molar-refractivity contribution in [1.82, 2.24) is 19.6 Å². The fourth-order valence-electron chi connectivity index (χ4n) is 3.38. The number of aromatic nitrogens is 2. The van der Waals surface area contributed by atoms with Gasteiger partial charge in [-0.1, -0.05) is 0 Å². The molecule has 0 radical (unpaired) electrons. The molecule has 1 fully saturated rings. The van der Waals surface area contributed by atoms with E-state index >= 15 is 0 Å². The van der Waals surface area contributed by atoms with Crippen LogP contribution in [-0.2, 0) is 22.0 Å². The first-order chi connectivity index (χ1) is 11.4. The molecule has 24 heavy (non-hydrogen) atoms. The van der Waals surface area contributed by atoms with Crippen LogP contribution in [-0.4, -0.2) is 47.2 Å². The van der Waals surface area contributed by atoms with Gasteiger partial charge in [-0.15, -0.1) is 0 Å². The molecule has 0 atom stereocenters. The van der Waals surface area contributed by atoms with E-state index in [-0.39, 0.29) is 10.6 Å². The van der Waals surface area contributed by atoms with Crippen molar-refractivity contribution in [3.63, 3.8) is 0 Å². The predicted octanol–water partition coefficient (Wildman–Crippen LogP) is 0.363. The molecule has 10 heteroatoms. The quantitative estimate of drug-likeness (QED) is 0.610. The van der Waals surface area contributed by atoms with Gasteiger partial charge in [0.2, 0.25) is 10.0 Å². The highest BCUT2D eigenvalue weighted by Gasteiger charge is 2.54. The molecule has 0 unspecified atom stereocenters. The third kappa shape index (κ3) is 2.00. The Morgan fingerprint density at radius 3 is 2.54 bits per heavy atom. The van der Waals surface area contributed by atoms with E-state index in [1.54, 1.807) is 6.33 Å². The Balaban J connectivity index is 1.76. The molecule has 1 spiro atoms. The number of hydrogen-bond donors (Lipinski definition) is 2. The number of non-ortho nitro benzene ring substituents is 1. The van der Waals surface area contributed by atoms with Crippen LogP contribution >= 0.6 is 0 Å². The number of aromatic amines is 1. The van der Waals surface area contributed by atoms with Crippen LogP contribution in [0.25, 0.3) is 0 Å². The minimum Gasteiger partial charge on any atom is -0.348 e. The third-order valence-corrected chi connectivity index (χ3v) is 6.65. The number of sulfonamides is 1. The standard InChI is InChI=1S/C14H15N5O4S/c20-19(21)10-1-3-11(4-2-10)24(22,23)18-6-5-12-13(17-9-16-12)14(18)7-15-8-14/h1-4,9,15H,5-8H2,(H,16,17). The number of nitro groups is 1. The second-order valence-electron chi connectivity index (χ2n) is 5.94. The lowest BCUT2D eigenvalue weighted by atomic mass is 9.84. The molecule has 3 heterocycles. The van der Waals surface area contributed by atoms with Gasteiger partial charge in [-0.25, -0.2) is 13.4 Å². The monoisotopic (exact) mass is 349 g/mol. The largest absolute Gasteiger partial charge is 0.348 e. The first-order valence-electron chi connectivity index (χ1n) is 7.46. The molecule has 0 saturated carbocycles. The summed E-state index contributed by atoms with van der Waals surface area (Å²) in [4.78, 5) is 17.7. The summed E-state index contributed by atoms with van der Waals surface area (Å²) >= 11 is 0. The van der Waals surface area contributed by atoms with Crippen molar-refractivity contribution < 1.29 is 13.3 Å². The molecule has 1 saturated heterocycles. The molecule has 2 aliphatic heterocycles. The molecule has 0 aliphatic carbocycles. The van der Waals surface area contributed by atoms with Crippen LogP contribution in [0.1, 0.15) is 11.4 Å². The molecule has 1 aromatic carbocycles. The van der Waals surface area contributed by atoms with Crippen molar-refractivity contribution >= 4 is 15.7 Å². The van der Waals surface area contributed by atoms with Gasteiger partial charge >= 0.3 is 0 Å². The van der Waals surface area contributed by atoms with E-state index in [2.05, 4.69) is 15.3 Å². The number of nitro benzene ring substituents is 1. The Hall–Kier alpha value is -2.30. The lowest BCUT2D eigenvalue weighted by Gasteiger charge is -2.51. The normalized spacial score (nSPS) is 19.7. The van der Waals surface area contributed by atoms with Crippen molar-refractivity contribution in [3.05, 3.63) is 52.1 Å².